The molecule has 0 saturated heterocycles. The van der Waals surface area contributed by atoms with Crippen molar-refractivity contribution in [2.24, 2.45) is 0 Å². The molecular formula is C16H21BrN2. The van der Waals surface area contributed by atoms with Crippen LogP contribution in [0.15, 0.2) is 30.3 Å². The van der Waals surface area contributed by atoms with Crippen molar-refractivity contribution >= 4 is 15.9 Å². The summed E-state index contributed by atoms with van der Waals surface area (Å²) >= 11 is 3.52. The van der Waals surface area contributed by atoms with Crippen LogP contribution in [0.4, 0.5) is 0 Å². The zero-order chi connectivity index (χ0) is 13.9. The molecule has 0 aliphatic heterocycles. The maximum atomic E-state index is 4.56. The van der Waals surface area contributed by atoms with Gasteiger partial charge in [-0.15, -0.1) is 0 Å². The summed E-state index contributed by atoms with van der Waals surface area (Å²) in [6.45, 7) is 6.65. The molecule has 0 saturated carbocycles. The Balaban J connectivity index is 2.38. The Morgan fingerprint density at radius 3 is 2.42 bits per heavy atom. The summed E-state index contributed by atoms with van der Waals surface area (Å²) in [5.74, 6) is 0. The van der Waals surface area contributed by atoms with Crippen LogP contribution in [-0.4, -0.2) is 15.5 Å². The highest BCUT2D eigenvalue weighted by Gasteiger charge is 2.23. The van der Waals surface area contributed by atoms with Crippen LogP contribution in [0.25, 0.3) is 0 Å². The number of H-pyrrole nitrogens is 1. The van der Waals surface area contributed by atoms with Gasteiger partial charge in [-0.1, -0.05) is 67.0 Å². The second-order valence-electron chi connectivity index (χ2n) is 5.88. The fourth-order valence-electron chi connectivity index (χ4n) is 2.31. The normalized spacial score (nSPS) is 11.8. The number of aromatic amines is 1. The lowest BCUT2D eigenvalue weighted by Crippen LogP contribution is -2.15. The zero-order valence-corrected chi connectivity index (χ0v) is 13.4. The second-order valence-corrected chi connectivity index (χ2v) is 6.67. The van der Waals surface area contributed by atoms with E-state index in [9.17, 15) is 0 Å². The van der Waals surface area contributed by atoms with E-state index in [0.29, 0.717) is 0 Å². The van der Waals surface area contributed by atoms with E-state index in [2.05, 4.69) is 77.2 Å². The van der Waals surface area contributed by atoms with Gasteiger partial charge in [0.05, 0.1) is 5.69 Å². The van der Waals surface area contributed by atoms with Crippen molar-refractivity contribution in [2.45, 2.75) is 39.0 Å². The number of nitrogens with one attached hydrogen (secondary N) is 1. The van der Waals surface area contributed by atoms with Gasteiger partial charge >= 0.3 is 0 Å². The third-order valence-electron chi connectivity index (χ3n) is 3.23. The number of benzene rings is 1. The number of hydrogen-bond donors (Lipinski definition) is 1. The van der Waals surface area contributed by atoms with Crippen LogP contribution < -0.4 is 0 Å². The van der Waals surface area contributed by atoms with Gasteiger partial charge in [-0.3, -0.25) is 5.10 Å². The molecule has 19 heavy (non-hydrogen) atoms. The predicted octanol–water partition coefficient (Wildman–Crippen LogP) is 4.24. The first-order valence-corrected chi connectivity index (χ1v) is 7.81. The van der Waals surface area contributed by atoms with Crippen molar-refractivity contribution in [1.29, 1.82) is 0 Å². The fourth-order valence-corrected chi connectivity index (χ4v) is 2.71. The van der Waals surface area contributed by atoms with Crippen LogP contribution >= 0.6 is 15.9 Å². The molecule has 0 aliphatic rings. The smallest absolute Gasteiger partial charge is 0.0713 e. The molecule has 0 unspecified atom stereocenters. The SMILES string of the molecule is CC(C)(C)c1n[nH]c(CCBr)c1Cc1ccccc1. The first-order chi connectivity index (χ1) is 9.02. The lowest BCUT2D eigenvalue weighted by Gasteiger charge is -2.18. The molecular weight excluding hydrogens is 300 g/mol. The monoisotopic (exact) mass is 320 g/mol. The van der Waals surface area contributed by atoms with E-state index in [1.165, 1.54) is 22.5 Å². The van der Waals surface area contributed by atoms with E-state index in [0.717, 1.165) is 18.2 Å². The van der Waals surface area contributed by atoms with Crippen LogP contribution in [0.5, 0.6) is 0 Å². The number of nitrogens with zero attached hydrogens (tertiary/aromatic N) is 1. The maximum Gasteiger partial charge on any atom is 0.0713 e. The zero-order valence-electron chi connectivity index (χ0n) is 11.8. The molecule has 0 atom stereocenters. The topological polar surface area (TPSA) is 28.7 Å². The summed E-state index contributed by atoms with van der Waals surface area (Å²) in [6.07, 6.45) is 1.94. The van der Waals surface area contributed by atoms with Crippen molar-refractivity contribution in [1.82, 2.24) is 10.2 Å². The molecule has 2 aromatic rings. The first kappa shape index (κ1) is 14.3. The molecule has 3 heteroatoms. The first-order valence-electron chi connectivity index (χ1n) is 6.69. The highest BCUT2D eigenvalue weighted by Crippen LogP contribution is 2.28. The van der Waals surface area contributed by atoms with Gasteiger partial charge in [0.15, 0.2) is 0 Å². The summed E-state index contributed by atoms with van der Waals surface area (Å²) in [7, 11) is 0. The van der Waals surface area contributed by atoms with Crippen molar-refractivity contribution in [3.63, 3.8) is 0 Å². The molecule has 1 heterocycles. The maximum absolute atomic E-state index is 4.56. The molecule has 0 amide bonds. The van der Waals surface area contributed by atoms with Gasteiger partial charge in [0.2, 0.25) is 0 Å². The van der Waals surface area contributed by atoms with Gasteiger partial charge in [0, 0.05) is 28.4 Å². The van der Waals surface area contributed by atoms with Gasteiger partial charge in [-0.05, 0) is 12.0 Å². The molecule has 0 fully saturated rings. The predicted molar refractivity (Wildman–Crippen MR) is 84.0 cm³/mol. The highest BCUT2D eigenvalue weighted by molar-refractivity contribution is 9.09. The van der Waals surface area contributed by atoms with Crippen molar-refractivity contribution in [3.8, 4) is 0 Å². The number of rotatable bonds is 4. The van der Waals surface area contributed by atoms with Crippen molar-refractivity contribution in [2.75, 3.05) is 5.33 Å². The highest BCUT2D eigenvalue weighted by atomic mass is 79.9. The van der Waals surface area contributed by atoms with Gasteiger partial charge in [-0.25, -0.2) is 0 Å². The second kappa shape index (κ2) is 5.91. The van der Waals surface area contributed by atoms with Crippen molar-refractivity contribution < 1.29 is 0 Å². The Labute approximate surface area is 123 Å². The van der Waals surface area contributed by atoms with Gasteiger partial charge in [0.1, 0.15) is 0 Å². The lowest BCUT2D eigenvalue weighted by atomic mass is 9.86. The van der Waals surface area contributed by atoms with Crippen LogP contribution in [-0.2, 0) is 18.3 Å². The largest absolute Gasteiger partial charge is 0.282 e. The Morgan fingerprint density at radius 1 is 1.16 bits per heavy atom. The molecule has 0 radical (unpaired) electrons. The molecule has 2 rings (SSSR count). The minimum Gasteiger partial charge on any atom is -0.282 e. The third-order valence-corrected chi connectivity index (χ3v) is 3.63. The molecule has 2 nitrogen and oxygen atoms in total. The molecule has 0 aliphatic carbocycles. The number of aromatic nitrogens is 2. The summed E-state index contributed by atoms with van der Waals surface area (Å²) in [6, 6.07) is 10.6. The standard InChI is InChI=1S/C16H21BrN2/c1-16(2,3)15-13(14(9-10-17)18-19-15)11-12-7-5-4-6-8-12/h4-8H,9-11H2,1-3H3,(H,18,19). The van der Waals surface area contributed by atoms with E-state index in [1.54, 1.807) is 0 Å². The summed E-state index contributed by atoms with van der Waals surface area (Å²) in [4.78, 5) is 0. The minimum absolute atomic E-state index is 0.0746. The van der Waals surface area contributed by atoms with Crippen LogP contribution in [0.1, 0.15) is 43.3 Å². The van der Waals surface area contributed by atoms with E-state index >= 15 is 0 Å². The van der Waals surface area contributed by atoms with Crippen LogP contribution in [0, 0.1) is 0 Å². The Kier molecular flexibility index (Phi) is 4.46. The Morgan fingerprint density at radius 2 is 1.84 bits per heavy atom. The number of halogens is 1. The lowest BCUT2D eigenvalue weighted by molar-refractivity contribution is 0.561. The molecule has 102 valence electrons. The van der Waals surface area contributed by atoms with E-state index in [1.807, 2.05) is 0 Å². The Bertz CT molecular complexity index is 523. The quantitative estimate of drug-likeness (QED) is 0.839. The number of alkyl halides is 1. The molecule has 1 aromatic carbocycles. The van der Waals surface area contributed by atoms with Crippen molar-refractivity contribution in [3.05, 3.63) is 52.8 Å². The van der Waals surface area contributed by atoms with Crippen LogP contribution in [0.2, 0.25) is 0 Å². The third kappa shape index (κ3) is 3.47. The Hall–Kier alpha value is -1.09. The van der Waals surface area contributed by atoms with E-state index in [-0.39, 0.29) is 5.41 Å². The molecule has 1 N–H and O–H groups in total. The van der Waals surface area contributed by atoms with Crippen LogP contribution in [0.3, 0.4) is 0 Å². The average Bonchev–Trinajstić information content (AvgIpc) is 2.74. The summed E-state index contributed by atoms with van der Waals surface area (Å²) < 4.78 is 0. The van der Waals surface area contributed by atoms with Gasteiger partial charge in [-0.2, -0.15) is 5.10 Å². The molecule has 0 spiro atoms. The molecule has 0 bridgehead atoms. The summed E-state index contributed by atoms with van der Waals surface area (Å²) in [5.41, 5.74) is 5.21. The van der Waals surface area contributed by atoms with E-state index < -0.39 is 0 Å². The average molecular weight is 321 g/mol. The van der Waals surface area contributed by atoms with Gasteiger partial charge in [0.25, 0.3) is 0 Å². The fraction of sp³-hybridized carbons (Fsp3) is 0.438. The molecule has 1 aromatic heterocycles. The van der Waals surface area contributed by atoms with Gasteiger partial charge < -0.3 is 0 Å². The minimum atomic E-state index is 0.0746. The summed E-state index contributed by atoms with van der Waals surface area (Å²) in [5, 5.41) is 8.74. The number of hydrogen-bond acceptors (Lipinski definition) is 1. The number of aryl methyl sites for hydroxylation is 1. The van der Waals surface area contributed by atoms with E-state index in [4.69, 9.17) is 0 Å².